The summed E-state index contributed by atoms with van der Waals surface area (Å²) < 4.78 is 34.6. The van der Waals surface area contributed by atoms with Crippen molar-refractivity contribution < 1.29 is 22.1 Å². The summed E-state index contributed by atoms with van der Waals surface area (Å²) in [6.07, 6.45) is 1.95. The van der Waals surface area contributed by atoms with Crippen LogP contribution in [0.3, 0.4) is 0 Å². The molecule has 0 aliphatic heterocycles. The van der Waals surface area contributed by atoms with Gasteiger partial charge in [0.15, 0.2) is 0 Å². The lowest BCUT2D eigenvalue weighted by Gasteiger charge is -2.20. The normalized spacial score (nSPS) is 12.0. The van der Waals surface area contributed by atoms with Gasteiger partial charge in [0, 0.05) is 5.69 Å². The standard InChI is InChI=1S/C17H27NO5S/c1-6-7-8-11-22-24(20,21)14-10-9-13(2)15(12-14)18-16(19)23-17(3,4)5/h9-10,12H,6-8,11H2,1-5H3,(H,18,19). The molecule has 24 heavy (non-hydrogen) atoms. The SMILES string of the molecule is CCCCCOS(=O)(=O)c1ccc(C)c(NC(=O)OC(C)(C)C)c1. The maximum absolute atomic E-state index is 12.2. The Hall–Kier alpha value is -1.60. The summed E-state index contributed by atoms with van der Waals surface area (Å²) in [5, 5.41) is 2.57. The molecule has 0 spiro atoms. The van der Waals surface area contributed by atoms with E-state index in [0.717, 1.165) is 18.4 Å². The van der Waals surface area contributed by atoms with Crippen LogP contribution in [0.15, 0.2) is 23.1 Å². The Bertz CT molecular complexity index is 662. The number of nitrogens with one attached hydrogen (secondary N) is 1. The molecule has 7 heteroatoms. The van der Waals surface area contributed by atoms with E-state index in [2.05, 4.69) is 5.32 Å². The number of carbonyl (C=O) groups is 1. The zero-order valence-electron chi connectivity index (χ0n) is 15.0. The Morgan fingerprint density at radius 1 is 1.21 bits per heavy atom. The van der Waals surface area contributed by atoms with Gasteiger partial charge in [0.1, 0.15) is 5.60 Å². The molecule has 1 aromatic carbocycles. The fourth-order valence-electron chi connectivity index (χ4n) is 1.89. The molecule has 0 aliphatic rings. The predicted molar refractivity (Wildman–Crippen MR) is 93.7 cm³/mol. The molecule has 0 aliphatic carbocycles. The fraction of sp³-hybridized carbons (Fsp3) is 0.588. The molecule has 0 saturated heterocycles. The van der Waals surface area contributed by atoms with Gasteiger partial charge >= 0.3 is 6.09 Å². The highest BCUT2D eigenvalue weighted by atomic mass is 32.2. The van der Waals surface area contributed by atoms with Crippen molar-refractivity contribution in [3.05, 3.63) is 23.8 Å². The third kappa shape index (κ3) is 6.88. The molecule has 6 nitrogen and oxygen atoms in total. The molecule has 1 aromatic rings. The van der Waals surface area contributed by atoms with Gasteiger partial charge in [0.25, 0.3) is 10.1 Å². The quantitative estimate of drug-likeness (QED) is 0.583. The second kappa shape index (κ2) is 8.48. The van der Waals surface area contributed by atoms with Crippen molar-refractivity contribution in [3.63, 3.8) is 0 Å². The van der Waals surface area contributed by atoms with Crippen LogP contribution in [0.1, 0.15) is 52.5 Å². The predicted octanol–water partition coefficient (Wildman–Crippen LogP) is 4.24. The minimum absolute atomic E-state index is 0.00987. The summed E-state index contributed by atoms with van der Waals surface area (Å²) in [5.41, 5.74) is 0.470. The van der Waals surface area contributed by atoms with Gasteiger partial charge < -0.3 is 4.74 Å². The van der Waals surface area contributed by atoms with Crippen LogP contribution in [0.4, 0.5) is 10.5 Å². The molecule has 0 atom stereocenters. The van der Waals surface area contributed by atoms with Crippen molar-refractivity contribution in [2.45, 2.75) is 64.4 Å². The zero-order valence-corrected chi connectivity index (χ0v) is 15.8. The Morgan fingerprint density at radius 3 is 2.46 bits per heavy atom. The summed E-state index contributed by atoms with van der Waals surface area (Å²) in [5.74, 6) is 0. The van der Waals surface area contributed by atoms with Crippen LogP contribution in [0.2, 0.25) is 0 Å². The summed E-state index contributed by atoms with van der Waals surface area (Å²) in [4.78, 5) is 11.9. The molecular formula is C17H27NO5S. The summed E-state index contributed by atoms with van der Waals surface area (Å²) >= 11 is 0. The van der Waals surface area contributed by atoms with Gasteiger partial charge in [-0.2, -0.15) is 8.42 Å². The molecule has 1 N–H and O–H groups in total. The van der Waals surface area contributed by atoms with E-state index < -0.39 is 21.8 Å². The number of anilines is 1. The Balaban J connectivity index is 2.87. The van der Waals surface area contributed by atoms with Gasteiger partial charge in [-0.1, -0.05) is 25.8 Å². The number of aryl methyl sites for hydroxylation is 1. The monoisotopic (exact) mass is 357 g/mol. The van der Waals surface area contributed by atoms with E-state index in [9.17, 15) is 13.2 Å². The number of hydrogen-bond donors (Lipinski definition) is 1. The minimum Gasteiger partial charge on any atom is -0.444 e. The summed E-state index contributed by atoms with van der Waals surface area (Å²) in [6, 6.07) is 4.47. The van der Waals surface area contributed by atoms with E-state index in [4.69, 9.17) is 8.92 Å². The number of amides is 1. The number of ether oxygens (including phenoxy) is 1. The van der Waals surface area contributed by atoms with Gasteiger partial charge in [-0.15, -0.1) is 0 Å². The van der Waals surface area contributed by atoms with Crippen LogP contribution in [0.5, 0.6) is 0 Å². The highest BCUT2D eigenvalue weighted by Crippen LogP contribution is 2.22. The van der Waals surface area contributed by atoms with Crippen LogP contribution < -0.4 is 5.32 Å². The van der Waals surface area contributed by atoms with E-state index in [-0.39, 0.29) is 11.5 Å². The smallest absolute Gasteiger partial charge is 0.412 e. The van der Waals surface area contributed by atoms with Gasteiger partial charge in [-0.05, 0) is 51.8 Å². The van der Waals surface area contributed by atoms with Crippen molar-refractivity contribution in [1.29, 1.82) is 0 Å². The Morgan fingerprint density at radius 2 is 1.88 bits per heavy atom. The van der Waals surface area contributed by atoms with Gasteiger partial charge in [-0.25, -0.2) is 4.79 Å². The van der Waals surface area contributed by atoms with E-state index in [1.54, 1.807) is 33.8 Å². The number of benzene rings is 1. The van der Waals surface area contributed by atoms with Crippen LogP contribution >= 0.6 is 0 Å². The third-order valence-electron chi connectivity index (χ3n) is 3.12. The van der Waals surface area contributed by atoms with E-state index in [1.807, 2.05) is 6.92 Å². The fourth-order valence-corrected chi connectivity index (χ4v) is 2.86. The molecule has 136 valence electrons. The molecule has 1 amide bonds. The highest BCUT2D eigenvalue weighted by Gasteiger charge is 2.19. The van der Waals surface area contributed by atoms with Gasteiger partial charge in [-0.3, -0.25) is 9.50 Å². The second-order valence-corrected chi connectivity index (χ2v) is 8.20. The molecule has 0 radical (unpaired) electrons. The largest absolute Gasteiger partial charge is 0.444 e. The van der Waals surface area contributed by atoms with Gasteiger partial charge in [0.05, 0.1) is 11.5 Å². The average molecular weight is 357 g/mol. The summed E-state index contributed by atoms with van der Waals surface area (Å²) in [6.45, 7) is 9.21. The maximum Gasteiger partial charge on any atom is 0.412 e. The minimum atomic E-state index is -3.84. The molecule has 0 aromatic heterocycles. The van der Waals surface area contributed by atoms with Crippen molar-refractivity contribution in [1.82, 2.24) is 0 Å². The van der Waals surface area contributed by atoms with E-state index in [0.29, 0.717) is 12.1 Å². The van der Waals surface area contributed by atoms with Crippen LogP contribution in [0, 0.1) is 6.92 Å². The van der Waals surface area contributed by atoms with Crippen LogP contribution in [-0.2, 0) is 19.0 Å². The molecular weight excluding hydrogens is 330 g/mol. The van der Waals surface area contributed by atoms with Gasteiger partial charge in [0.2, 0.25) is 0 Å². The van der Waals surface area contributed by atoms with Crippen molar-refractivity contribution in [2.75, 3.05) is 11.9 Å². The Labute approximate surface area is 144 Å². The van der Waals surface area contributed by atoms with Crippen molar-refractivity contribution in [2.24, 2.45) is 0 Å². The van der Waals surface area contributed by atoms with E-state index >= 15 is 0 Å². The number of unbranched alkanes of at least 4 members (excludes halogenated alkanes) is 2. The van der Waals surface area contributed by atoms with Crippen LogP contribution in [-0.4, -0.2) is 26.7 Å². The molecule has 0 heterocycles. The molecule has 0 bridgehead atoms. The Kier molecular flexibility index (Phi) is 7.23. The third-order valence-corrected chi connectivity index (χ3v) is 4.43. The lowest BCUT2D eigenvalue weighted by Crippen LogP contribution is -2.27. The lowest BCUT2D eigenvalue weighted by molar-refractivity contribution is 0.0635. The first-order valence-electron chi connectivity index (χ1n) is 8.05. The van der Waals surface area contributed by atoms with E-state index in [1.165, 1.54) is 12.1 Å². The van der Waals surface area contributed by atoms with Crippen molar-refractivity contribution >= 4 is 21.9 Å². The van der Waals surface area contributed by atoms with Crippen LogP contribution in [0.25, 0.3) is 0 Å². The summed E-state index contributed by atoms with van der Waals surface area (Å²) in [7, 11) is -3.84. The number of hydrogen-bond acceptors (Lipinski definition) is 5. The average Bonchev–Trinajstić information content (AvgIpc) is 2.44. The topological polar surface area (TPSA) is 81.7 Å². The number of carbonyl (C=O) groups excluding carboxylic acids is 1. The molecule has 0 fully saturated rings. The molecule has 1 rings (SSSR count). The highest BCUT2D eigenvalue weighted by molar-refractivity contribution is 7.86. The number of rotatable bonds is 7. The molecule has 0 saturated carbocycles. The van der Waals surface area contributed by atoms with Crippen molar-refractivity contribution in [3.8, 4) is 0 Å². The second-order valence-electron chi connectivity index (χ2n) is 6.59. The zero-order chi connectivity index (χ0) is 18.4. The first-order chi connectivity index (χ1) is 11.0. The maximum atomic E-state index is 12.2. The lowest BCUT2D eigenvalue weighted by atomic mass is 10.2. The first-order valence-corrected chi connectivity index (χ1v) is 9.46. The molecule has 0 unspecified atom stereocenters. The first kappa shape index (κ1) is 20.4.